The lowest BCUT2D eigenvalue weighted by atomic mass is 9.99. The molecule has 4 aromatic rings. The molecule has 1 saturated heterocycles. The van der Waals surface area contributed by atoms with Gasteiger partial charge in [0, 0.05) is 43.1 Å². The monoisotopic (exact) mass is 444 g/mol. The predicted molar refractivity (Wildman–Crippen MR) is 127 cm³/mol. The zero-order valence-corrected chi connectivity index (χ0v) is 18.9. The summed E-state index contributed by atoms with van der Waals surface area (Å²) in [5.41, 5.74) is 4.73. The molecule has 1 aliphatic heterocycles. The minimum Gasteiger partial charge on any atom is -0.382 e. The zero-order chi connectivity index (χ0) is 22.1. The molecule has 1 aliphatic rings. The maximum Gasteiger partial charge on any atom is 0.208 e. The molecule has 0 aliphatic carbocycles. The highest BCUT2D eigenvalue weighted by molar-refractivity contribution is 7.18. The van der Waals surface area contributed by atoms with Gasteiger partial charge >= 0.3 is 0 Å². The van der Waals surface area contributed by atoms with Crippen LogP contribution in [0.5, 0.6) is 0 Å². The van der Waals surface area contributed by atoms with Crippen molar-refractivity contribution in [2.45, 2.75) is 32.7 Å². The molecule has 0 unspecified atom stereocenters. The van der Waals surface area contributed by atoms with E-state index >= 15 is 0 Å². The number of hydrogen-bond donors (Lipinski definition) is 1. The molecular formula is C23H24N8S. The third kappa shape index (κ3) is 3.89. The normalized spacial score (nSPS) is 14.8. The SMILES string of the molecule is CC(C)Nc1cc(-c2ccc3cccnn23)ncc1-c1nnc(N2CCC(C#N)CC2)s1. The molecule has 0 aromatic carbocycles. The van der Waals surface area contributed by atoms with Gasteiger partial charge in [-0.2, -0.15) is 10.4 Å². The maximum atomic E-state index is 9.14. The second-order valence-corrected chi connectivity index (χ2v) is 9.23. The van der Waals surface area contributed by atoms with Gasteiger partial charge in [0.25, 0.3) is 0 Å². The molecule has 162 valence electrons. The number of anilines is 2. The fourth-order valence-corrected chi connectivity index (χ4v) is 4.91. The molecule has 0 saturated carbocycles. The van der Waals surface area contributed by atoms with Crippen molar-refractivity contribution in [2.75, 3.05) is 23.3 Å². The van der Waals surface area contributed by atoms with Crippen LogP contribution in [0.2, 0.25) is 0 Å². The highest BCUT2D eigenvalue weighted by Crippen LogP contribution is 2.36. The van der Waals surface area contributed by atoms with Gasteiger partial charge < -0.3 is 10.2 Å². The van der Waals surface area contributed by atoms with Crippen LogP contribution >= 0.6 is 11.3 Å². The number of pyridine rings is 1. The molecular weight excluding hydrogens is 420 g/mol. The van der Waals surface area contributed by atoms with E-state index in [0.29, 0.717) is 0 Å². The smallest absolute Gasteiger partial charge is 0.208 e. The summed E-state index contributed by atoms with van der Waals surface area (Å²) in [6.45, 7) is 5.91. The van der Waals surface area contributed by atoms with Crippen LogP contribution in [0.4, 0.5) is 10.8 Å². The quantitative estimate of drug-likeness (QED) is 0.485. The molecule has 0 amide bonds. The summed E-state index contributed by atoms with van der Waals surface area (Å²) in [5.74, 6) is 0.150. The number of rotatable bonds is 5. The molecule has 8 nitrogen and oxygen atoms in total. The van der Waals surface area contributed by atoms with Gasteiger partial charge in [-0.25, -0.2) is 4.52 Å². The molecule has 5 rings (SSSR count). The van der Waals surface area contributed by atoms with Crippen molar-refractivity contribution in [1.82, 2.24) is 24.8 Å². The fourth-order valence-electron chi connectivity index (χ4n) is 3.99. The third-order valence-corrected chi connectivity index (χ3v) is 6.64. The Morgan fingerprint density at radius 1 is 1.19 bits per heavy atom. The van der Waals surface area contributed by atoms with Crippen LogP contribution in [0.3, 0.4) is 0 Å². The summed E-state index contributed by atoms with van der Waals surface area (Å²) in [6, 6.07) is 12.7. The summed E-state index contributed by atoms with van der Waals surface area (Å²) in [6.07, 6.45) is 5.40. The van der Waals surface area contributed by atoms with E-state index in [1.165, 1.54) is 0 Å². The first-order valence-electron chi connectivity index (χ1n) is 10.8. The van der Waals surface area contributed by atoms with E-state index in [0.717, 1.165) is 64.2 Å². The standard InChI is InChI=1S/C23H24N8S/c1-15(2)27-19-12-20(21-6-5-17-4-3-9-26-31(17)21)25-14-18(19)22-28-29-23(32-22)30-10-7-16(13-24)8-11-30/h3-6,9,12,14-16H,7-8,10-11H2,1-2H3,(H,25,27). The molecule has 9 heteroatoms. The Labute approximate surface area is 190 Å². The number of aromatic nitrogens is 5. The van der Waals surface area contributed by atoms with Crippen LogP contribution in [-0.2, 0) is 0 Å². The van der Waals surface area contributed by atoms with E-state index in [4.69, 9.17) is 10.2 Å². The van der Waals surface area contributed by atoms with E-state index in [2.05, 4.69) is 51.5 Å². The Kier molecular flexibility index (Phi) is 5.45. The Balaban J connectivity index is 1.48. The molecule has 0 spiro atoms. The van der Waals surface area contributed by atoms with Gasteiger partial charge in [0.15, 0.2) is 5.01 Å². The van der Waals surface area contributed by atoms with Gasteiger partial charge in [0.1, 0.15) is 0 Å². The summed E-state index contributed by atoms with van der Waals surface area (Å²) >= 11 is 1.57. The van der Waals surface area contributed by atoms with Gasteiger partial charge in [-0.15, -0.1) is 10.2 Å². The van der Waals surface area contributed by atoms with Crippen molar-refractivity contribution in [3.8, 4) is 28.0 Å². The fraction of sp³-hybridized carbons (Fsp3) is 0.348. The van der Waals surface area contributed by atoms with Gasteiger partial charge in [-0.3, -0.25) is 4.98 Å². The molecule has 1 fully saturated rings. The van der Waals surface area contributed by atoms with Crippen molar-refractivity contribution in [3.63, 3.8) is 0 Å². The van der Waals surface area contributed by atoms with Crippen molar-refractivity contribution in [3.05, 3.63) is 42.7 Å². The lowest BCUT2D eigenvalue weighted by Crippen LogP contribution is -2.33. The molecule has 0 radical (unpaired) electrons. The molecule has 32 heavy (non-hydrogen) atoms. The van der Waals surface area contributed by atoms with E-state index in [1.54, 1.807) is 17.5 Å². The summed E-state index contributed by atoms with van der Waals surface area (Å²) in [7, 11) is 0. The molecule has 0 bridgehead atoms. The highest BCUT2D eigenvalue weighted by Gasteiger charge is 2.23. The van der Waals surface area contributed by atoms with Crippen LogP contribution in [0, 0.1) is 17.2 Å². The Morgan fingerprint density at radius 2 is 2.03 bits per heavy atom. The average molecular weight is 445 g/mol. The number of piperidine rings is 1. The van der Waals surface area contributed by atoms with Crippen LogP contribution < -0.4 is 10.2 Å². The minimum absolute atomic E-state index is 0.150. The maximum absolute atomic E-state index is 9.14. The van der Waals surface area contributed by atoms with Crippen LogP contribution in [0.25, 0.3) is 27.5 Å². The molecule has 1 N–H and O–H groups in total. The van der Waals surface area contributed by atoms with Crippen LogP contribution in [-0.4, -0.2) is 43.9 Å². The first kappa shape index (κ1) is 20.4. The van der Waals surface area contributed by atoms with Crippen molar-refractivity contribution in [2.24, 2.45) is 5.92 Å². The Bertz CT molecular complexity index is 1280. The van der Waals surface area contributed by atoms with Gasteiger partial charge in [0.2, 0.25) is 5.13 Å². The second kappa shape index (κ2) is 8.55. The number of fused-ring (bicyclic) bond motifs is 1. The number of hydrogen-bond acceptors (Lipinski definition) is 8. The van der Waals surface area contributed by atoms with Crippen molar-refractivity contribution >= 4 is 27.7 Å². The van der Waals surface area contributed by atoms with Crippen molar-refractivity contribution < 1.29 is 0 Å². The van der Waals surface area contributed by atoms with Crippen LogP contribution in [0.1, 0.15) is 26.7 Å². The topological polar surface area (TPSA) is 95.0 Å². The molecule has 0 atom stereocenters. The number of nitriles is 1. The highest BCUT2D eigenvalue weighted by atomic mass is 32.1. The zero-order valence-electron chi connectivity index (χ0n) is 18.1. The van der Waals surface area contributed by atoms with E-state index < -0.39 is 0 Å². The van der Waals surface area contributed by atoms with Crippen LogP contribution in [0.15, 0.2) is 42.7 Å². The van der Waals surface area contributed by atoms with E-state index in [-0.39, 0.29) is 12.0 Å². The lowest BCUT2D eigenvalue weighted by Gasteiger charge is -2.28. The summed E-state index contributed by atoms with van der Waals surface area (Å²) < 4.78 is 1.90. The number of nitrogens with one attached hydrogen (secondary N) is 1. The second-order valence-electron chi connectivity index (χ2n) is 8.27. The third-order valence-electron chi connectivity index (χ3n) is 5.62. The van der Waals surface area contributed by atoms with Crippen molar-refractivity contribution in [1.29, 1.82) is 5.26 Å². The first-order chi connectivity index (χ1) is 15.6. The van der Waals surface area contributed by atoms with Gasteiger partial charge in [-0.1, -0.05) is 11.3 Å². The predicted octanol–water partition coefficient (Wildman–Crippen LogP) is 4.48. The lowest BCUT2D eigenvalue weighted by molar-refractivity contribution is 0.486. The van der Waals surface area contributed by atoms with E-state index in [1.807, 2.05) is 35.0 Å². The molecule has 5 heterocycles. The Morgan fingerprint density at radius 3 is 2.81 bits per heavy atom. The number of nitrogens with zero attached hydrogens (tertiary/aromatic N) is 7. The molecule has 4 aromatic heterocycles. The van der Waals surface area contributed by atoms with Gasteiger partial charge in [0.05, 0.1) is 28.5 Å². The van der Waals surface area contributed by atoms with Gasteiger partial charge in [-0.05, 0) is 57.0 Å². The van der Waals surface area contributed by atoms with E-state index in [9.17, 15) is 0 Å². The minimum atomic E-state index is 0.150. The first-order valence-corrected chi connectivity index (χ1v) is 11.6. The summed E-state index contributed by atoms with van der Waals surface area (Å²) in [4.78, 5) is 6.97. The average Bonchev–Trinajstić information content (AvgIpc) is 3.46. The summed E-state index contributed by atoms with van der Waals surface area (Å²) in [5, 5.41) is 27.8. The Hall–Kier alpha value is -3.51. The largest absolute Gasteiger partial charge is 0.382 e.